The van der Waals surface area contributed by atoms with Crippen LogP contribution in [0.1, 0.15) is 24.2 Å². The van der Waals surface area contributed by atoms with Crippen LogP contribution in [0.4, 0.5) is 5.69 Å². The van der Waals surface area contributed by atoms with Gasteiger partial charge in [0.1, 0.15) is 11.8 Å². The molecule has 2 amide bonds. The van der Waals surface area contributed by atoms with Crippen LogP contribution in [0.5, 0.6) is 5.75 Å². The van der Waals surface area contributed by atoms with E-state index in [9.17, 15) is 23.7 Å². The smallest absolute Gasteiger partial charge is 0.308 e. The number of hydrogen-bond donors (Lipinski definition) is 0. The van der Waals surface area contributed by atoms with E-state index in [0.717, 1.165) is 11.8 Å². The summed E-state index contributed by atoms with van der Waals surface area (Å²) in [4.78, 5) is 52.1. The molecule has 0 spiro atoms. The molecule has 1 atom stereocenters. The van der Waals surface area contributed by atoms with Crippen LogP contribution in [0.3, 0.4) is 0 Å². The van der Waals surface area contributed by atoms with E-state index in [1.807, 2.05) is 0 Å². The first-order chi connectivity index (χ1) is 14.6. The van der Waals surface area contributed by atoms with Gasteiger partial charge in [0, 0.05) is 32.3 Å². The normalized spacial score (nSPS) is 11.8. The van der Waals surface area contributed by atoms with E-state index >= 15 is 0 Å². The van der Waals surface area contributed by atoms with E-state index in [1.165, 1.54) is 30.9 Å². The fraction of sp³-hybridized carbons (Fsp3) is 0.182. The Hall–Kier alpha value is -3.43. The molecule has 3 aromatic rings. The van der Waals surface area contributed by atoms with Crippen molar-refractivity contribution in [1.29, 1.82) is 0 Å². The maximum absolute atomic E-state index is 13.5. The first kappa shape index (κ1) is 22.3. The molecule has 0 aliphatic heterocycles. The average molecular weight is 440 g/mol. The molecule has 9 heteroatoms. The molecule has 3 rings (SSSR count). The Labute approximate surface area is 181 Å². The van der Waals surface area contributed by atoms with Gasteiger partial charge in [0.05, 0.1) is 11.2 Å². The standard InChI is InChI=1S/C22H20N2O6S/c1-13(25)24(15-8-6-5-7-9-15)22(28)19-20(30-14(2)26)17-12-16(31(4)29)10-11-18(17)23(3)21(19)27/h5-12H,1-4H3. The number of amides is 2. The summed E-state index contributed by atoms with van der Waals surface area (Å²) in [6, 6.07) is 12.8. The number of ether oxygens (including phenoxy) is 1. The zero-order valence-corrected chi connectivity index (χ0v) is 18.2. The number of rotatable bonds is 4. The third-order valence-electron chi connectivity index (χ3n) is 4.64. The van der Waals surface area contributed by atoms with Gasteiger partial charge in [-0.15, -0.1) is 0 Å². The number of carbonyl (C=O) groups is 3. The lowest BCUT2D eigenvalue weighted by atomic mass is 10.1. The molecule has 1 heterocycles. The van der Waals surface area contributed by atoms with Crippen LogP contribution in [0.25, 0.3) is 10.9 Å². The van der Waals surface area contributed by atoms with Crippen LogP contribution >= 0.6 is 0 Å². The molecule has 1 unspecified atom stereocenters. The van der Waals surface area contributed by atoms with Crippen molar-refractivity contribution in [3.8, 4) is 5.75 Å². The van der Waals surface area contributed by atoms with Crippen LogP contribution in [0.2, 0.25) is 0 Å². The Balaban J connectivity index is 2.38. The summed E-state index contributed by atoms with van der Waals surface area (Å²) in [5.74, 6) is -2.57. The third-order valence-corrected chi connectivity index (χ3v) is 5.56. The van der Waals surface area contributed by atoms with Gasteiger partial charge >= 0.3 is 5.97 Å². The predicted molar refractivity (Wildman–Crippen MR) is 117 cm³/mol. The Kier molecular flexibility index (Phi) is 6.28. The van der Waals surface area contributed by atoms with Gasteiger partial charge in [-0.25, -0.2) is 4.90 Å². The molecule has 0 N–H and O–H groups in total. The van der Waals surface area contributed by atoms with Crippen molar-refractivity contribution in [2.45, 2.75) is 18.7 Å². The van der Waals surface area contributed by atoms with Crippen molar-refractivity contribution in [2.24, 2.45) is 7.05 Å². The number of fused-ring (bicyclic) bond motifs is 1. The van der Waals surface area contributed by atoms with Gasteiger partial charge in [-0.1, -0.05) is 18.2 Å². The molecule has 0 bridgehead atoms. The van der Waals surface area contributed by atoms with Crippen molar-refractivity contribution in [3.05, 3.63) is 64.4 Å². The van der Waals surface area contributed by atoms with Crippen LogP contribution in [-0.2, 0) is 27.8 Å². The lowest BCUT2D eigenvalue weighted by Gasteiger charge is -2.21. The number of carbonyl (C=O) groups excluding carboxylic acids is 3. The first-order valence-electron chi connectivity index (χ1n) is 9.22. The second-order valence-corrected chi connectivity index (χ2v) is 8.17. The maximum Gasteiger partial charge on any atom is 0.308 e. The number of aromatic nitrogens is 1. The quantitative estimate of drug-likeness (QED) is 0.455. The lowest BCUT2D eigenvalue weighted by molar-refractivity contribution is -0.131. The van der Waals surface area contributed by atoms with Gasteiger partial charge < -0.3 is 13.9 Å². The van der Waals surface area contributed by atoms with Gasteiger partial charge in [0.2, 0.25) is 5.91 Å². The maximum atomic E-state index is 13.5. The minimum absolute atomic E-state index is 0.255. The summed E-state index contributed by atoms with van der Waals surface area (Å²) in [6.45, 7) is 2.33. The zero-order chi connectivity index (χ0) is 22.9. The molecule has 0 aliphatic carbocycles. The largest absolute Gasteiger partial charge is 0.612 e. The minimum Gasteiger partial charge on any atom is -0.612 e. The molecule has 0 radical (unpaired) electrons. The summed E-state index contributed by atoms with van der Waals surface area (Å²) >= 11 is -1.36. The highest BCUT2D eigenvalue weighted by Gasteiger charge is 2.31. The van der Waals surface area contributed by atoms with Crippen LogP contribution in [0.15, 0.2) is 58.2 Å². The van der Waals surface area contributed by atoms with Crippen LogP contribution < -0.4 is 15.2 Å². The molecule has 0 saturated heterocycles. The Morgan fingerprint density at radius 3 is 2.26 bits per heavy atom. The number of para-hydroxylation sites is 1. The third kappa shape index (κ3) is 4.23. The fourth-order valence-corrected chi connectivity index (χ4v) is 3.79. The van der Waals surface area contributed by atoms with Crippen LogP contribution in [-0.4, -0.2) is 33.2 Å². The van der Waals surface area contributed by atoms with Gasteiger partial charge in [-0.3, -0.25) is 19.2 Å². The van der Waals surface area contributed by atoms with Crippen molar-refractivity contribution in [2.75, 3.05) is 11.2 Å². The molecule has 31 heavy (non-hydrogen) atoms. The average Bonchev–Trinajstić information content (AvgIpc) is 2.71. The number of hydrogen-bond acceptors (Lipinski definition) is 6. The van der Waals surface area contributed by atoms with Gasteiger partial charge in [0.15, 0.2) is 10.6 Å². The Bertz CT molecular complexity index is 1250. The summed E-state index contributed by atoms with van der Waals surface area (Å²) in [7, 11) is 1.46. The van der Waals surface area contributed by atoms with Crippen molar-refractivity contribution < 1.29 is 23.7 Å². The van der Waals surface area contributed by atoms with Crippen LogP contribution in [0, 0.1) is 0 Å². The monoisotopic (exact) mass is 440 g/mol. The van der Waals surface area contributed by atoms with Crippen molar-refractivity contribution >= 4 is 45.5 Å². The lowest BCUT2D eigenvalue weighted by Crippen LogP contribution is -2.40. The highest BCUT2D eigenvalue weighted by atomic mass is 32.2. The topological polar surface area (TPSA) is 109 Å². The van der Waals surface area contributed by atoms with E-state index in [0.29, 0.717) is 10.4 Å². The molecule has 0 saturated carbocycles. The highest BCUT2D eigenvalue weighted by Crippen LogP contribution is 2.31. The molecule has 2 aromatic carbocycles. The van der Waals surface area contributed by atoms with Gasteiger partial charge in [-0.05, 0) is 35.4 Å². The number of nitrogens with zero attached hydrogens (tertiary/aromatic N) is 2. The van der Waals surface area contributed by atoms with Gasteiger partial charge in [0.25, 0.3) is 11.5 Å². The number of imide groups is 1. The molecular weight excluding hydrogens is 420 g/mol. The van der Waals surface area contributed by atoms with Crippen molar-refractivity contribution in [1.82, 2.24) is 4.57 Å². The Morgan fingerprint density at radius 1 is 1.06 bits per heavy atom. The molecular formula is C22H20N2O6S. The zero-order valence-electron chi connectivity index (χ0n) is 17.4. The molecule has 8 nitrogen and oxygen atoms in total. The summed E-state index contributed by atoms with van der Waals surface area (Å²) in [5.41, 5.74) is -0.565. The van der Waals surface area contributed by atoms with E-state index in [1.54, 1.807) is 42.5 Å². The first-order valence-corrected chi connectivity index (χ1v) is 10.8. The molecule has 1 aromatic heterocycles. The summed E-state index contributed by atoms with van der Waals surface area (Å²) in [5, 5.41) is 0.255. The summed E-state index contributed by atoms with van der Waals surface area (Å²) < 4.78 is 18.5. The Morgan fingerprint density at radius 2 is 1.71 bits per heavy atom. The number of anilines is 1. The molecule has 0 aliphatic rings. The fourth-order valence-electron chi connectivity index (χ4n) is 3.25. The van der Waals surface area contributed by atoms with E-state index in [-0.39, 0.29) is 16.8 Å². The minimum atomic E-state index is -1.36. The van der Waals surface area contributed by atoms with Crippen molar-refractivity contribution in [3.63, 3.8) is 0 Å². The predicted octanol–water partition coefficient (Wildman–Crippen LogP) is 2.39. The van der Waals surface area contributed by atoms with E-state index < -0.39 is 40.1 Å². The molecule has 0 fully saturated rings. The summed E-state index contributed by atoms with van der Waals surface area (Å²) in [6.07, 6.45) is 1.48. The SMILES string of the molecule is CC(=O)Oc1c(C(=O)N(C(C)=O)c2ccccc2)c(=O)n(C)c2ccc([S+](C)[O-])cc12. The van der Waals surface area contributed by atoms with Gasteiger partial charge in [-0.2, -0.15) is 0 Å². The second kappa shape index (κ2) is 8.75. The highest BCUT2D eigenvalue weighted by molar-refractivity contribution is 7.90. The number of benzene rings is 2. The molecule has 160 valence electrons. The number of aryl methyl sites for hydroxylation is 1. The number of pyridine rings is 1. The van der Waals surface area contributed by atoms with E-state index in [4.69, 9.17) is 4.74 Å². The number of esters is 1. The van der Waals surface area contributed by atoms with E-state index in [2.05, 4.69) is 0 Å². The second-order valence-electron chi connectivity index (χ2n) is 6.79.